The molecule has 0 bridgehead atoms. The Labute approximate surface area is 77.1 Å². The first-order valence-corrected chi connectivity index (χ1v) is 3.59. The van der Waals surface area contributed by atoms with E-state index in [4.69, 9.17) is 10.8 Å². The van der Waals surface area contributed by atoms with Gasteiger partial charge in [0, 0.05) is 0 Å². The lowest BCUT2D eigenvalue weighted by molar-refractivity contribution is -0.175. The molecule has 8 heteroatoms. The van der Waals surface area contributed by atoms with Crippen molar-refractivity contribution in [2.45, 2.75) is 18.6 Å². The van der Waals surface area contributed by atoms with Crippen molar-refractivity contribution in [2.75, 3.05) is 6.54 Å². The Morgan fingerprint density at radius 3 is 2.21 bits per heavy atom. The van der Waals surface area contributed by atoms with Crippen LogP contribution in [0, 0.1) is 0 Å². The molecular weight excluding hydrogens is 205 g/mol. The molecule has 0 saturated heterocycles. The van der Waals surface area contributed by atoms with Gasteiger partial charge in [-0.1, -0.05) is 0 Å². The highest BCUT2D eigenvalue weighted by Crippen LogP contribution is 2.14. The van der Waals surface area contributed by atoms with Gasteiger partial charge in [-0.15, -0.1) is 0 Å². The molecule has 1 atom stereocenters. The fourth-order valence-electron chi connectivity index (χ4n) is 0.664. The smallest absolute Gasteiger partial charge is 0.471 e. The molecule has 0 aromatic rings. The Balaban J connectivity index is 4.31. The van der Waals surface area contributed by atoms with E-state index in [-0.39, 0.29) is 13.0 Å². The summed E-state index contributed by atoms with van der Waals surface area (Å²) in [4.78, 5) is 20.6. The lowest BCUT2D eigenvalue weighted by Gasteiger charge is -2.14. The van der Waals surface area contributed by atoms with Crippen LogP contribution in [0.5, 0.6) is 0 Å². The molecule has 82 valence electrons. The first-order valence-electron chi connectivity index (χ1n) is 3.59. The number of nitrogens with two attached hydrogens (primary N) is 1. The van der Waals surface area contributed by atoms with Crippen molar-refractivity contribution in [2.24, 2.45) is 5.73 Å². The van der Waals surface area contributed by atoms with Gasteiger partial charge in [0.2, 0.25) is 0 Å². The van der Waals surface area contributed by atoms with Gasteiger partial charge >= 0.3 is 18.1 Å². The van der Waals surface area contributed by atoms with Gasteiger partial charge in [0.1, 0.15) is 6.04 Å². The molecule has 0 saturated carbocycles. The van der Waals surface area contributed by atoms with Crippen molar-refractivity contribution < 1.29 is 27.9 Å². The number of carbonyl (C=O) groups is 2. The summed E-state index contributed by atoms with van der Waals surface area (Å²) >= 11 is 0. The molecule has 0 heterocycles. The Kier molecular flexibility index (Phi) is 4.35. The molecule has 0 spiro atoms. The molecule has 1 amide bonds. The molecule has 0 radical (unpaired) electrons. The number of rotatable bonds is 4. The van der Waals surface area contributed by atoms with Crippen molar-refractivity contribution in [1.82, 2.24) is 5.32 Å². The van der Waals surface area contributed by atoms with Gasteiger partial charge in [-0.25, -0.2) is 4.79 Å². The summed E-state index contributed by atoms with van der Waals surface area (Å²) in [6.07, 6.45) is -5.33. The molecule has 4 N–H and O–H groups in total. The first kappa shape index (κ1) is 12.7. The molecule has 5 nitrogen and oxygen atoms in total. The van der Waals surface area contributed by atoms with Crippen molar-refractivity contribution in [3.8, 4) is 0 Å². The van der Waals surface area contributed by atoms with Gasteiger partial charge in [0.15, 0.2) is 0 Å². The normalized spacial score (nSPS) is 13.4. The minimum atomic E-state index is -5.08. The molecule has 0 aliphatic rings. The SMILES string of the molecule is NCC[C@H](NC(=O)C(F)(F)F)C(=O)O. The molecule has 0 rings (SSSR count). The third-order valence-electron chi connectivity index (χ3n) is 1.32. The van der Waals surface area contributed by atoms with Crippen LogP contribution >= 0.6 is 0 Å². The number of carbonyl (C=O) groups excluding carboxylic acids is 1. The van der Waals surface area contributed by atoms with Gasteiger partial charge in [0.25, 0.3) is 0 Å². The Hall–Kier alpha value is -1.31. The number of nitrogens with one attached hydrogen (secondary N) is 1. The van der Waals surface area contributed by atoms with E-state index in [9.17, 15) is 22.8 Å². The second-order valence-corrected chi connectivity index (χ2v) is 2.44. The van der Waals surface area contributed by atoms with Crippen LogP contribution in [0.4, 0.5) is 13.2 Å². The summed E-state index contributed by atoms with van der Waals surface area (Å²) in [7, 11) is 0. The van der Waals surface area contributed by atoms with Crippen LogP contribution in [0.1, 0.15) is 6.42 Å². The number of carboxylic acid groups (broad SMARTS) is 1. The monoisotopic (exact) mass is 214 g/mol. The van der Waals surface area contributed by atoms with Crippen molar-refractivity contribution in [1.29, 1.82) is 0 Å². The van der Waals surface area contributed by atoms with Gasteiger partial charge < -0.3 is 16.2 Å². The molecule has 0 aliphatic carbocycles. The molecule has 0 unspecified atom stereocenters. The van der Waals surface area contributed by atoms with Crippen molar-refractivity contribution >= 4 is 11.9 Å². The van der Waals surface area contributed by atoms with Crippen molar-refractivity contribution in [3.63, 3.8) is 0 Å². The van der Waals surface area contributed by atoms with Crippen LogP contribution in [0.3, 0.4) is 0 Å². The summed E-state index contributed by atoms with van der Waals surface area (Å²) in [5.41, 5.74) is 4.96. The van der Waals surface area contributed by atoms with E-state index in [1.54, 1.807) is 0 Å². The zero-order valence-electron chi connectivity index (χ0n) is 6.97. The predicted molar refractivity (Wildman–Crippen MR) is 39.3 cm³/mol. The molecule has 0 aliphatic heterocycles. The summed E-state index contributed by atoms with van der Waals surface area (Å²) in [6, 6.07) is -1.60. The molecule has 0 fully saturated rings. The standard InChI is InChI=1S/C6H9F3N2O3/c7-6(8,9)5(14)11-3(1-2-10)4(12)13/h3H,1-2,10H2,(H,11,14)(H,12,13)/t3-/m0/s1. The topological polar surface area (TPSA) is 92.4 Å². The summed E-state index contributed by atoms with van der Waals surface area (Å²) < 4.78 is 35.0. The third kappa shape index (κ3) is 4.08. The second kappa shape index (κ2) is 4.80. The largest absolute Gasteiger partial charge is 0.480 e. The summed E-state index contributed by atoms with van der Waals surface area (Å²) in [5, 5.41) is 9.70. The lowest BCUT2D eigenvalue weighted by atomic mass is 10.2. The van der Waals surface area contributed by atoms with Crippen LogP contribution in [-0.4, -0.2) is 35.7 Å². The fraction of sp³-hybridized carbons (Fsp3) is 0.667. The average Bonchev–Trinajstić information content (AvgIpc) is 2.01. The average molecular weight is 214 g/mol. The van der Waals surface area contributed by atoms with E-state index in [2.05, 4.69) is 0 Å². The second-order valence-electron chi connectivity index (χ2n) is 2.44. The number of halogens is 3. The maximum Gasteiger partial charge on any atom is 0.471 e. The Morgan fingerprint density at radius 1 is 1.43 bits per heavy atom. The third-order valence-corrected chi connectivity index (χ3v) is 1.32. The fourth-order valence-corrected chi connectivity index (χ4v) is 0.664. The Bertz CT molecular complexity index is 229. The minimum Gasteiger partial charge on any atom is -0.480 e. The predicted octanol–water partition coefficient (Wildman–Crippen LogP) is -0.533. The van der Waals surface area contributed by atoms with E-state index < -0.39 is 24.1 Å². The first-order chi connectivity index (χ1) is 6.29. The van der Waals surface area contributed by atoms with E-state index in [1.165, 1.54) is 5.32 Å². The van der Waals surface area contributed by atoms with E-state index in [0.717, 1.165) is 0 Å². The van der Waals surface area contributed by atoms with Crippen LogP contribution in [0.25, 0.3) is 0 Å². The number of hydrogen-bond acceptors (Lipinski definition) is 3. The Morgan fingerprint density at radius 2 is 1.93 bits per heavy atom. The number of amides is 1. The quantitative estimate of drug-likeness (QED) is 0.586. The van der Waals surface area contributed by atoms with E-state index in [0.29, 0.717) is 0 Å². The molecule has 14 heavy (non-hydrogen) atoms. The molecular formula is C6H9F3N2O3. The highest BCUT2D eigenvalue weighted by molar-refractivity contribution is 5.86. The zero-order chi connectivity index (χ0) is 11.4. The molecule has 0 aromatic heterocycles. The summed E-state index contributed by atoms with van der Waals surface area (Å²) in [5.74, 6) is -3.83. The van der Waals surface area contributed by atoms with E-state index in [1.807, 2.05) is 0 Å². The number of aliphatic carboxylic acids is 1. The van der Waals surface area contributed by atoms with Crippen LogP contribution in [-0.2, 0) is 9.59 Å². The molecule has 0 aromatic carbocycles. The number of hydrogen-bond donors (Lipinski definition) is 3. The highest BCUT2D eigenvalue weighted by atomic mass is 19.4. The van der Waals surface area contributed by atoms with E-state index >= 15 is 0 Å². The van der Waals surface area contributed by atoms with Gasteiger partial charge in [-0.2, -0.15) is 13.2 Å². The van der Waals surface area contributed by atoms with Gasteiger partial charge in [0.05, 0.1) is 0 Å². The van der Waals surface area contributed by atoms with Crippen LogP contribution < -0.4 is 11.1 Å². The van der Waals surface area contributed by atoms with Gasteiger partial charge in [-0.3, -0.25) is 4.79 Å². The van der Waals surface area contributed by atoms with Crippen LogP contribution in [0.2, 0.25) is 0 Å². The maximum atomic E-state index is 11.7. The summed E-state index contributed by atoms with van der Waals surface area (Å²) in [6.45, 7) is -0.130. The minimum absolute atomic E-state index is 0.130. The van der Waals surface area contributed by atoms with Crippen LogP contribution in [0.15, 0.2) is 0 Å². The lowest BCUT2D eigenvalue weighted by Crippen LogP contribution is -2.47. The maximum absolute atomic E-state index is 11.7. The van der Waals surface area contributed by atoms with Crippen molar-refractivity contribution in [3.05, 3.63) is 0 Å². The zero-order valence-corrected chi connectivity index (χ0v) is 6.97. The number of alkyl halides is 3. The highest BCUT2D eigenvalue weighted by Gasteiger charge is 2.40. The van der Waals surface area contributed by atoms with Gasteiger partial charge in [-0.05, 0) is 13.0 Å². The number of carboxylic acids is 1.